The Morgan fingerprint density at radius 2 is 1.61 bits per heavy atom. The average Bonchev–Trinajstić information content (AvgIpc) is 2.50. The molecule has 0 saturated carbocycles. The van der Waals surface area contributed by atoms with Crippen LogP contribution in [0.5, 0.6) is 0 Å². The van der Waals surface area contributed by atoms with Crippen molar-refractivity contribution in [2.75, 3.05) is 19.7 Å². The minimum Gasteiger partial charge on any atom is -0.480 e. The number of aliphatic hydroxyl groups is 5. The van der Waals surface area contributed by atoms with Crippen LogP contribution < -0.4 is 16.4 Å². The summed E-state index contributed by atoms with van der Waals surface area (Å²) in [5, 5.41) is 60.4. The molecule has 136 valence electrons. The van der Waals surface area contributed by atoms with Gasteiger partial charge in [0.2, 0.25) is 0 Å². The van der Waals surface area contributed by atoms with Crippen LogP contribution in [0.1, 0.15) is 12.8 Å². The van der Waals surface area contributed by atoms with E-state index in [1.165, 1.54) is 0 Å². The topological polar surface area (TPSA) is 206 Å². The number of urea groups is 1. The monoisotopic (exact) mass is 339 g/mol. The summed E-state index contributed by atoms with van der Waals surface area (Å²) < 4.78 is 0. The van der Waals surface area contributed by atoms with Crippen molar-refractivity contribution in [2.24, 2.45) is 5.73 Å². The van der Waals surface area contributed by atoms with Crippen LogP contribution in [0, 0.1) is 0 Å². The zero-order valence-corrected chi connectivity index (χ0v) is 12.5. The summed E-state index contributed by atoms with van der Waals surface area (Å²) in [5.41, 5.74) is 4.86. The van der Waals surface area contributed by atoms with Gasteiger partial charge in [0, 0.05) is 13.1 Å². The summed E-state index contributed by atoms with van der Waals surface area (Å²) in [7, 11) is 0. The maximum Gasteiger partial charge on any atom is 0.320 e. The van der Waals surface area contributed by atoms with E-state index in [2.05, 4.69) is 10.6 Å². The summed E-state index contributed by atoms with van der Waals surface area (Å²) in [6.45, 7) is -0.979. The van der Waals surface area contributed by atoms with E-state index in [0.29, 0.717) is 6.42 Å². The van der Waals surface area contributed by atoms with Crippen molar-refractivity contribution in [3.05, 3.63) is 0 Å². The molecule has 10 N–H and O–H groups in total. The van der Waals surface area contributed by atoms with E-state index in [0.717, 1.165) is 0 Å². The number of primary amides is 1. The smallest absolute Gasteiger partial charge is 0.320 e. The van der Waals surface area contributed by atoms with Gasteiger partial charge in [0.1, 0.15) is 24.4 Å². The van der Waals surface area contributed by atoms with Gasteiger partial charge in [-0.15, -0.1) is 0 Å². The molecule has 5 atom stereocenters. The van der Waals surface area contributed by atoms with Crippen LogP contribution in [0.2, 0.25) is 0 Å². The Kier molecular flexibility index (Phi) is 10.4. The van der Waals surface area contributed by atoms with Crippen LogP contribution in [-0.4, -0.2) is 92.8 Å². The highest BCUT2D eigenvalue weighted by molar-refractivity contribution is 5.73. The molecule has 2 amide bonds. The first-order chi connectivity index (χ1) is 10.7. The molecule has 0 spiro atoms. The first kappa shape index (κ1) is 21.5. The van der Waals surface area contributed by atoms with Crippen LogP contribution in [0.4, 0.5) is 4.79 Å². The molecule has 0 aliphatic heterocycles. The molecule has 0 fully saturated rings. The lowest BCUT2D eigenvalue weighted by Gasteiger charge is -2.26. The summed E-state index contributed by atoms with van der Waals surface area (Å²) in [6, 6.07) is -1.77. The summed E-state index contributed by atoms with van der Waals surface area (Å²) in [6.07, 6.45) is -6.29. The molecule has 0 aliphatic rings. The SMILES string of the molecule is NC(=O)NCCC[C@H](NCC(O)C(O)C(O)C(O)CO)C(=O)O. The molecule has 0 aromatic carbocycles. The van der Waals surface area contributed by atoms with Gasteiger partial charge in [-0.05, 0) is 12.8 Å². The Balaban J connectivity index is 4.29. The highest BCUT2D eigenvalue weighted by Gasteiger charge is 2.30. The molecule has 0 bridgehead atoms. The lowest BCUT2D eigenvalue weighted by atomic mass is 10.0. The van der Waals surface area contributed by atoms with E-state index in [4.69, 9.17) is 21.1 Å². The van der Waals surface area contributed by atoms with Gasteiger partial charge in [0.25, 0.3) is 0 Å². The highest BCUT2D eigenvalue weighted by Crippen LogP contribution is 2.05. The molecule has 0 saturated heterocycles. The van der Waals surface area contributed by atoms with E-state index >= 15 is 0 Å². The number of nitrogens with one attached hydrogen (secondary N) is 2. The van der Waals surface area contributed by atoms with Gasteiger partial charge < -0.3 is 47.0 Å². The predicted octanol–water partition coefficient (Wildman–Crippen LogP) is -4.09. The second-order valence-electron chi connectivity index (χ2n) is 5.03. The minimum atomic E-state index is -1.78. The first-order valence-electron chi connectivity index (χ1n) is 7.03. The molecule has 0 heterocycles. The Hall–Kier alpha value is -1.50. The van der Waals surface area contributed by atoms with Crippen molar-refractivity contribution in [3.63, 3.8) is 0 Å². The number of hydrogen-bond acceptors (Lipinski definition) is 8. The number of carboxylic acids is 1. The summed E-state index contributed by atoms with van der Waals surface area (Å²) in [4.78, 5) is 21.5. The third-order valence-corrected chi connectivity index (χ3v) is 3.17. The van der Waals surface area contributed by atoms with E-state index in [-0.39, 0.29) is 19.5 Å². The fourth-order valence-electron chi connectivity index (χ4n) is 1.78. The molecular formula is C12H25N3O8. The minimum absolute atomic E-state index is 0.125. The van der Waals surface area contributed by atoms with Gasteiger partial charge >= 0.3 is 12.0 Å². The van der Waals surface area contributed by atoms with Gasteiger partial charge in [-0.2, -0.15) is 0 Å². The zero-order chi connectivity index (χ0) is 18.0. The second-order valence-corrected chi connectivity index (χ2v) is 5.03. The first-order valence-corrected chi connectivity index (χ1v) is 7.03. The van der Waals surface area contributed by atoms with Crippen LogP contribution in [0.3, 0.4) is 0 Å². The quantitative estimate of drug-likeness (QED) is 0.158. The van der Waals surface area contributed by atoms with Crippen molar-refractivity contribution in [1.82, 2.24) is 10.6 Å². The lowest BCUT2D eigenvalue weighted by molar-refractivity contribution is -0.140. The molecule has 0 rings (SSSR count). The van der Waals surface area contributed by atoms with Crippen molar-refractivity contribution in [3.8, 4) is 0 Å². The number of nitrogens with two attached hydrogens (primary N) is 1. The lowest BCUT2D eigenvalue weighted by Crippen LogP contribution is -2.51. The molecule has 0 aromatic rings. The fraction of sp³-hybridized carbons (Fsp3) is 0.833. The van der Waals surface area contributed by atoms with Gasteiger partial charge in [0.15, 0.2) is 0 Å². The second kappa shape index (κ2) is 11.1. The highest BCUT2D eigenvalue weighted by atomic mass is 16.4. The molecule has 0 radical (unpaired) electrons. The van der Waals surface area contributed by atoms with Crippen molar-refractivity contribution < 1.29 is 40.2 Å². The number of carbonyl (C=O) groups is 2. The van der Waals surface area contributed by atoms with E-state index in [1.807, 2.05) is 0 Å². The maximum absolute atomic E-state index is 11.1. The third-order valence-electron chi connectivity index (χ3n) is 3.17. The van der Waals surface area contributed by atoms with Crippen molar-refractivity contribution >= 4 is 12.0 Å². The molecule has 11 nitrogen and oxygen atoms in total. The standard InChI is InChI=1S/C12H25N3O8/c13-12(23)14-3-1-2-6(11(21)22)15-4-7(17)9(19)10(20)8(18)5-16/h6-10,15-20H,1-5H2,(H,21,22)(H3,13,14,23)/t6-,7?,8?,9?,10?/m0/s1. The Bertz CT molecular complexity index is 370. The molecule has 23 heavy (non-hydrogen) atoms. The van der Waals surface area contributed by atoms with Crippen molar-refractivity contribution in [1.29, 1.82) is 0 Å². The van der Waals surface area contributed by atoms with Crippen LogP contribution in [-0.2, 0) is 4.79 Å². The number of hydrogen-bond donors (Lipinski definition) is 9. The normalized spacial score (nSPS) is 17.8. The number of amides is 2. The largest absolute Gasteiger partial charge is 0.480 e. The van der Waals surface area contributed by atoms with E-state index in [1.54, 1.807) is 0 Å². The molecular weight excluding hydrogens is 314 g/mol. The van der Waals surface area contributed by atoms with Gasteiger partial charge in [-0.25, -0.2) is 4.79 Å². The predicted molar refractivity (Wildman–Crippen MR) is 77.4 cm³/mol. The van der Waals surface area contributed by atoms with Gasteiger partial charge in [-0.1, -0.05) is 0 Å². The van der Waals surface area contributed by atoms with Crippen LogP contribution >= 0.6 is 0 Å². The average molecular weight is 339 g/mol. The fourth-order valence-corrected chi connectivity index (χ4v) is 1.78. The third kappa shape index (κ3) is 8.64. The summed E-state index contributed by atoms with van der Waals surface area (Å²) in [5.74, 6) is -1.19. The van der Waals surface area contributed by atoms with E-state index < -0.39 is 49.1 Å². The number of carbonyl (C=O) groups excluding carboxylic acids is 1. The van der Waals surface area contributed by atoms with Gasteiger partial charge in [-0.3, -0.25) is 4.79 Å². The van der Waals surface area contributed by atoms with Crippen LogP contribution in [0.25, 0.3) is 0 Å². The molecule has 11 heteroatoms. The van der Waals surface area contributed by atoms with Gasteiger partial charge in [0.05, 0.1) is 12.7 Å². The Morgan fingerprint density at radius 3 is 2.09 bits per heavy atom. The molecule has 0 aliphatic carbocycles. The maximum atomic E-state index is 11.1. The van der Waals surface area contributed by atoms with E-state index in [9.17, 15) is 24.9 Å². The molecule has 0 aromatic heterocycles. The van der Waals surface area contributed by atoms with Crippen LogP contribution in [0.15, 0.2) is 0 Å². The molecule has 4 unspecified atom stereocenters. The number of aliphatic carboxylic acids is 1. The zero-order valence-electron chi connectivity index (χ0n) is 12.5. The number of carboxylic acid groups (broad SMARTS) is 1. The number of aliphatic hydroxyl groups excluding tert-OH is 5. The number of rotatable bonds is 12. The van der Waals surface area contributed by atoms with Crippen molar-refractivity contribution in [2.45, 2.75) is 43.3 Å². The summed E-state index contributed by atoms with van der Waals surface area (Å²) >= 11 is 0. The Morgan fingerprint density at radius 1 is 1.04 bits per heavy atom. The Labute approximate surface area is 132 Å².